The lowest BCUT2D eigenvalue weighted by Gasteiger charge is -2.14. The predicted octanol–water partition coefficient (Wildman–Crippen LogP) is 1.25. The highest BCUT2D eigenvalue weighted by molar-refractivity contribution is 5.90. The van der Waals surface area contributed by atoms with Crippen molar-refractivity contribution >= 4 is 5.91 Å². The highest BCUT2D eigenvalue weighted by Gasteiger charge is 2.20. The van der Waals surface area contributed by atoms with Gasteiger partial charge in [0.25, 0.3) is 5.91 Å². The third kappa shape index (κ3) is 3.03. The Morgan fingerprint density at radius 3 is 2.95 bits per heavy atom. The molecule has 0 radical (unpaired) electrons. The summed E-state index contributed by atoms with van der Waals surface area (Å²) in [4.78, 5) is 12.2. The van der Waals surface area contributed by atoms with Gasteiger partial charge in [-0.05, 0) is 39.2 Å². The average Bonchev–Trinajstić information content (AvgIpc) is 3.06. The van der Waals surface area contributed by atoms with E-state index in [0.717, 1.165) is 56.0 Å². The van der Waals surface area contributed by atoms with Crippen molar-refractivity contribution < 1.29 is 4.79 Å². The molecule has 3 rings (SSSR count). The molecule has 0 spiro atoms. The quantitative estimate of drug-likeness (QED) is 0.843. The van der Waals surface area contributed by atoms with Crippen LogP contribution in [0.5, 0.6) is 0 Å². The van der Waals surface area contributed by atoms with Gasteiger partial charge in [0.15, 0.2) is 0 Å². The van der Waals surface area contributed by atoms with Gasteiger partial charge in [0.05, 0.1) is 5.69 Å². The number of nitrogens with zero attached hydrogens (tertiary/aromatic N) is 5. The first-order chi connectivity index (χ1) is 10.6. The summed E-state index contributed by atoms with van der Waals surface area (Å²) < 4.78 is 3.92. The van der Waals surface area contributed by atoms with E-state index in [0.29, 0.717) is 12.4 Å². The molecule has 2 aromatic rings. The first kappa shape index (κ1) is 14.7. The van der Waals surface area contributed by atoms with Crippen molar-refractivity contribution in [3.05, 3.63) is 29.1 Å². The summed E-state index contributed by atoms with van der Waals surface area (Å²) in [5.41, 5.74) is 2.17. The highest BCUT2D eigenvalue weighted by Crippen LogP contribution is 2.14. The van der Waals surface area contributed by atoms with Crippen molar-refractivity contribution in [2.24, 2.45) is 0 Å². The maximum absolute atomic E-state index is 12.2. The van der Waals surface area contributed by atoms with Crippen molar-refractivity contribution in [1.29, 1.82) is 0 Å². The summed E-state index contributed by atoms with van der Waals surface area (Å²) >= 11 is 0. The number of carbonyl (C=O) groups is 1. The average molecular weight is 302 g/mol. The van der Waals surface area contributed by atoms with Gasteiger partial charge in [-0.3, -0.25) is 9.48 Å². The Morgan fingerprint density at radius 2 is 2.18 bits per heavy atom. The second kappa shape index (κ2) is 6.29. The number of amides is 1. The molecule has 22 heavy (non-hydrogen) atoms. The molecule has 0 aromatic carbocycles. The van der Waals surface area contributed by atoms with E-state index in [9.17, 15) is 4.79 Å². The Morgan fingerprint density at radius 1 is 1.32 bits per heavy atom. The van der Waals surface area contributed by atoms with E-state index in [2.05, 4.69) is 26.7 Å². The molecule has 118 valence electrons. The van der Waals surface area contributed by atoms with Gasteiger partial charge < -0.3 is 9.88 Å². The molecular weight excluding hydrogens is 280 g/mol. The van der Waals surface area contributed by atoms with E-state index < -0.39 is 0 Å². The number of hydrogen-bond donors (Lipinski definition) is 1. The molecule has 0 saturated carbocycles. The van der Waals surface area contributed by atoms with Crippen LogP contribution in [0, 0.1) is 13.8 Å². The number of carbonyl (C=O) groups excluding carboxylic acids is 1. The van der Waals surface area contributed by atoms with Crippen LogP contribution in [0.2, 0.25) is 0 Å². The number of aryl methyl sites for hydroxylation is 4. The largest absolute Gasteiger partial charge is 0.349 e. The third-order valence-corrected chi connectivity index (χ3v) is 4.00. The van der Waals surface area contributed by atoms with E-state index >= 15 is 0 Å². The Labute approximate surface area is 129 Å². The van der Waals surface area contributed by atoms with Gasteiger partial charge in [0, 0.05) is 31.7 Å². The van der Waals surface area contributed by atoms with Crippen LogP contribution in [0.15, 0.2) is 6.07 Å². The summed E-state index contributed by atoms with van der Waals surface area (Å²) in [6.45, 7) is 6.29. The molecular formula is C15H22N6O. The Balaban J connectivity index is 1.50. The van der Waals surface area contributed by atoms with Crippen molar-refractivity contribution in [2.45, 2.75) is 52.6 Å². The number of rotatable bonds is 5. The fourth-order valence-electron chi connectivity index (χ4n) is 2.89. The summed E-state index contributed by atoms with van der Waals surface area (Å²) in [7, 11) is 0. The summed E-state index contributed by atoms with van der Waals surface area (Å²) in [5, 5.41) is 15.5. The maximum Gasteiger partial charge on any atom is 0.289 e. The van der Waals surface area contributed by atoms with E-state index in [1.165, 1.54) is 0 Å². The number of nitrogens with one attached hydrogen (secondary N) is 1. The van der Waals surface area contributed by atoms with Crippen LogP contribution in [0.3, 0.4) is 0 Å². The number of fused-ring (bicyclic) bond motifs is 1. The fourth-order valence-corrected chi connectivity index (χ4v) is 2.89. The standard InChI is InChI=1S/C15H22N6O/c1-11-10-12(2)21(19-11)9-5-7-16-15(22)14-18-17-13-6-3-4-8-20(13)14/h10H,3-9H2,1-2H3,(H,16,22). The van der Waals surface area contributed by atoms with E-state index in [1.54, 1.807) is 0 Å². The van der Waals surface area contributed by atoms with Crippen molar-refractivity contribution in [3.8, 4) is 0 Å². The smallest absolute Gasteiger partial charge is 0.289 e. The normalized spacial score (nSPS) is 13.9. The zero-order valence-corrected chi connectivity index (χ0v) is 13.2. The molecule has 2 aromatic heterocycles. The Hall–Kier alpha value is -2.18. The van der Waals surface area contributed by atoms with Gasteiger partial charge in [-0.2, -0.15) is 5.10 Å². The van der Waals surface area contributed by atoms with Crippen LogP contribution in [-0.4, -0.2) is 37.0 Å². The fraction of sp³-hybridized carbons (Fsp3) is 0.600. The topological polar surface area (TPSA) is 77.6 Å². The first-order valence-electron chi connectivity index (χ1n) is 7.86. The lowest BCUT2D eigenvalue weighted by Crippen LogP contribution is -2.29. The molecule has 0 fully saturated rings. The predicted molar refractivity (Wildman–Crippen MR) is 81.6 cm³/mol. The van der Waals surface area contributed by atoms with E-state index in [-0.39, 0.29) is 5.91 Å². The maximum atomic E-state index is 12.2. The molecule has 1 aliphatic rings. The second-order valence-corrected chi connectivity index (χ2v) is 5.81. The lowest BCUT2D eigenvalue weighted by atomic mass is 10.1. The van der Waals surface area contributed by atoms with Gasteiger partial charge >= 0.3 is 0 Å². The highest BCUT2D eigenvalue weighted by atomic mass is 16.2. The van der Waals surface area contributed by atoms with E-state index in [1.807, 2.05) is 23.1 Å². The number of aromatic nitrogens is 5. The van der Waals surface area contributed by atoms with Crippen molar-refractivity contribution in [1.82, 2.24) is 29.9 Å². The van der Waals surface area contributed by atoms with Crippen LogP contribution in [0.1, 0.15) is 47.1 Å². The van der Waals surface area contributed by atoms with Crippen LogP contribution < -0.4 is 5.32 Å². The monoisotopic (exact) mass is 302 g/mol. The van der Waals surface area contributed by atoms with Crippen LogP contribution in [-0.2, 0) is 19.5 Å². The SMILES string of the molecule is Cc1cc(C)n(CCCNC(=O)c2nnc3n2CCCC3)n1. The lowest BCUT2D eigenvalue weighted by molar-refractivity contribution is 0.0936. The van der Waals surface area contributed by atoms with Crippen LogP contribution in [0.25, 0.3) is 0 Å². The molecule has 0 aliphatic carbocycles. The third-order valence-electron chi connectivity index (χ3n) is 4.00. The summed E-state index contributed by atoms with van der Waals surface area (Å²) in [6.07, 6.45) is 3.97. The molecule has 7 heteroatoms. The molecule has 0 bridgehead atoms. The zero-order valence-electron chi connectivity index (χ0n) is 13.2. The number of hydrogen-bond acceptors (Lipinski definition) is 4. The van der Waals surface area contributed by atoms with E-state index in [4.69, 9.17) is 0 Å². The van der Waals surface area contributed by atoms with Crippen molar-refractivity contribution in [2.75, 3.05) is 6.54 Å². The molecule has 7 nitrogen and oxygen atoms in total. The molecule has 3 heterocycles. The Bertz CT molecular complexity index is 672. The van der Waals surface area contributed by atoms with Crippen molar-refractivity contribution in [3.63, 3.8) is 0 Å². The van der Waals surface area contributed by atoms with Gasteiger partial charge in [0.1, 0.15) is 5.82 Å². The Kier molecular flexibility index (Phi) is 4.22. The summed E-state index contributed by atoms with van der Waals surface area (Å²) in [6, 6.07) is 2.06. The van der Waals surface area contributed by atoms with Gasteiger partial charge in [-0.1, -0.05) is 0 Å². The zero-order chi connectivity index (χ0) is 15.5. The van der Waals surface area contributed by atoms with Gasteiger partial charge in [-0.15, -0.1) is 10.2 Å². The second-order valence-electron chi connectivity index (χ2n) is 5.81. The van der Waals surface area contributed by atoms with Gasteiger partial charge in [-0.25, -0.2) is 0 Å². The molecule has 0 saturated heterocycles. The summed E-state index contributed by atoms with van der Waals surface area (Å²) in [5.74, 6) is 1.24. The minimum Gasteiger partial charge on any atom is -0.349 e. The minimum absolute atomic E-state index is 0.131. The molecule has 1 N–H and O–H groups in total. The molecule has 0 atom stereocenters. The minimum atomic E-state index is -0.131. The molecule has 1 amide bonds. The van der Waals surface area contributed by atoms with Crippen LogP contribution >= 0.6 is 0 Å². The van der Waals surface area contributed by atoms with Crippen LogP contribution in [0.4, 0.5) is 0 Å². The molecule has 1 aliphatic heterocycles. The molecule has 0 unspecified atom stereocenters. The van der Waals surface area contributed by atoms with Gasteiger partial charge in [0.2, 0.25) is 5.82 Å². The first-order valence-corrected chi connectivity index (χ1v) is 7.86.